The van der Waals surface area contributed by atoms with E-state index in [0.29, 0.717) is 12.6 Å². The maximum atomic E-state index is 5.92. The minimum atomic E-state index is 0. The Morgan fingerprint density at radius 1 is 1.17 bits per heavy atom. The molecule has 0 bridgehead atoms. The highest BCUT2D eigenvalue weighted by Gasteiger charge is 2.20. The van der Waals surface area contributed by atoms with Gasteiger partial charge in [-0.2, -0.15) is 0 Å². The number of guanidine groups is 1. The number of aliphatic imine (C=N–C) groups is 1. The van der Waals surface area contributed by atoms with E-state index in [4.69, 9.17) is 9.73 Å². The van der Waals surface area contributed by atoms with E-state index in [1.807, 2.05) is 55.6 Å². The van der Waals surface area contributed by atoms with Gasteiger partial charge in [-0.3, -0.25) is 0 Å². The molecule has 1 aliphatic heterocycles. The number of benzene rings is 1. The summed E-state index contributed by atoms with van der Waals surface area (Å²) in [4.78, 5) is 11.5. The molecule has 2 aromatic rings. The summed E-state index contributed by atoms with van der Waals surface area (Å²) in [6.45, 7) is 7.59. The first kappa shape index (κ1) is 23.3. The van der Waals surface area contributed by atoms with Crippen LogP contribution in [0, 0.1) is 0 Å². The minimum absolute atomic E-state index is 0. The lowest BCUT2D eigenvalue weighted by molar-refractivity contribution is 0.230. The normalized spacial score (nSPS) is 15.9. The van der Waals surface area contributed by atoms with E-state index in [9.17, 15) is 0 Å². The second-order valence-corrected chi connectivity index (χ2v) is 7.05. The summed E-state index contributed by atoms with van der Waals surface area (Å²) in [5, 5.41) is 6.93. The van der Waals surface area contributed by atoms with Crippen molar-refractivity contribution in [3.05, 3.63) is 54.7 Å². The quantitative estimate of drug-likeness (QED) is 0.339. The highest BCUT2D eigenvalue weighted by atomic mass is 127. The number of nitrogens with one attached hydrogen (secondary N) is 2. The van der Waals surface area contributed by atoms with E-state index < -0.39 is 0 Å². The van der Waals surface area contributed by atoms with Gasteiger partial charge in [-0.1, -0.05) is 24.3 Å². The van der Waals surface area contributed by atoms with Gasteiger partial charge in [-0.05, 0) is 51.0 Å². The Balaban J connectivity index is 0.00000300. The molecule has 1 atom stereocenters. The van der Waals surface area contributed by atoms with Crippen molar-refractivity contribution < 1.29 is 4.74 Å². The molecule has 1 aromatic carbocycles. The van der Waals surface area contributed by atoms with E-state index in [-0.39, 0.29) is 30.1 Å². The fourth-order valence-corrected chi connectivity index (χ4v) is 3.30. The van der Waals surface area contributed by atoms with Crippen LogP contribution < -0.4 is 20.3 Å². The van der Waals surface area contributed by atoms with Crippen molar-refractivity contribution in [2.45, 2.75) is 38.8 Å². The van der Waals surface area contributed by atoms with Gasteiger partial charge in [0.2, 0.25) is 0 Å². The Bertz CT molecular complexity index is 720. The van der Waals surface area contributed by atoms with Crippen LogP contribution in [0.25, 0.3) is 0 Å². The van der Waals surface area contributed by atoms with E-state index in [1.165, 1.54) is 0 Å². The zero-order valence-corrected chi connectivity index (χ0v) is 19.6. The van der Waals surface area contributed by atoms with Crippen LogP contribution in [-0.4, -0.2) is 49.3 Å². The van der Waals surface area contributed by atoms with Crippen LogP contribution in [-0.2, 0) is 0 Å². The SMILES string of the molecule is CCNC(=NCC(C)Oc1ccccc1)NC1CCN(c2ccccn2)CC1.I. The number of halogens is 1. The first-order valence-electron chi connectivity index (χ1n) is 10.2. The molecule has 3 rings (SSSR count). The van der Waals surface area contributed by atoms with Gasteiger partial charge >= 0.3 is 0 Å². The molecule has 1 fully saturated rings. The lowest BCUT2D eigenvalue weighted by atomic mass is 10.1. The largest absolute Gasteiger partial charge is 0.489 e. The summed E-state index contributed by atoms with van der Waals surface area (Å²) in [5.74, 6) is 2.81. The standard InChI is InChI=1S/C22H31N5O.HI/c1-3-23-22(25-17-18(2)28-20-9-5-4-6-10-20)26-19-12-15-27(16-13-19)21-11-7-8-14-24-21;/h4-11,14,18-19H,3,12-13,15-17H2,1-2H3,(H2,23,25,26);1H. The zero-order chi connectivity index (χ0) is 19.6. The lowest BCUT2D eigenvalue weighted by Gasteiger charge is -2.33. The van der Waals surface area contributed by atoms with Crippen molar-refractivity contribution in [1.82, 2.24) is 15.6 Å². The van der Waals surface area contributed by atoms with Gasteiger partial charge in [0, 0.05) is 31.9 Å². The number of aromatic nitrogens is 1. The van der Waals surface area contributed by atoms with Gasteiger partial charge in [0.05, 0.1) is 6.54 Å². The van der Waals surface area contributed by atoms with Crippen molar-refractivity contribution in [3.63, 3.8) is 0 Å². The fraction of sp³-hybridized carbons (Fsp3) is 0.455. The monoisotopic (exact) mass is 509 g/mol. The first-order valence-corrected chi connectivity index (χ1v) is 10.2. The molecule has 2 N–H and O–H groups in total. The zero-order valence-electron chi connectivity index (χ0n) is 17.3. The Morgan fingerprint density at radius 3 is 2.55 bits per heavy atom. The van der Waals surface area contributed by atoms with E-state index >= 15 is 0 Å². The molecular formula is C22H32IN5O. The van der Waals surface area contributed by atoms with Gasteiger partial charge in [0.15, 0.2) is 5.96 Å². The number of ether oxygens (including phenoxy) is 1. The molecule has 0 amide bonds. The second-order valence-electron chi connectivity index (χ2n) is 7.05. The van der Waals surface area contributed by atoms with Gasteiger partial charge < -0.3 is 20.3 Å². The molecule has 29 heavy (non-hydrogen) atoms. The number of rotatable bonds is 7. The van der Waals surface area contributed by atoms with Gasteiger partial charge in [0.25, 0.3) is 0 Å². The van der Waals surface area contributed by atoms with Crippen LogP contribution in [0.5, 0.6) is 5.75 Å². The summed E-state index contributed by atoms with van der Waals surface area (Å²) >= 11 is 0. The summed E-state index contributed by atoms with van der Waals surface area (Å²) in [5.41, 5.74) is 0. The highest BCUT2D eigenvalue weighted by Crippen LogP contribution is 2.17. The molecule has 6 nitrogen and oxygen atoms in total. The molecule has 2 heterocycles. The average Bonchev–Trinajstić information content (AvgIpc) is 2.74. The number of hydrogen-bond acceptors (Lipinski definition) is 4. The minimum Gasteiger partial charge on any atom is -0.489 e. The first-order chi connectivity index (χ1) is 13.7. The maximum Gasteiger partial charge on any atom is 0.191 e. The van der Waals surface area contributed by atoms with Crippen molar-refractivity contribution in [2.24, 2.45) is 4.99 Å². The predicted octanol–water partition coefficient (Wildman–Crippen LogP) is 3.69. The van der Waals surface area contributed by atoms with Crippen LogP contribution >= 0.6 is 24.0 Å². The molecule has 1 aromatic heterocycles. The molecule has 0 radical (unpaired) electrons. The van der Waals surface area contributed by atoms with Gasteiger partial charge in [-0.25, -0.2) is 9.98 Å². The number of pyridine rings is 1. The number of nitrogens with zero attached hydrogens (tertiary/aromatic N) is 3. The molecule has 0 saturated carbocycles. The molecule has 1 unspecified atom stereocenters. The smallest absolute Gasteiger partial charge is 0.191 e. The predicted molar refractivity (Wildman–Crippen MR) is 131 cm³/mol. The maximum absolute atomic E-state index is 5.92. The van der Waals surface area contributed by atoms with Crippen LogP contribution in [0.15, 0.2) is 59.7 Å². The molecular weight excluding hydrogens is 477 g/mol. The molecule has 158 valence electrons. The molecule has 0 aliphatic carbocycles. The highest BCUT2D eigenvalue weighted by molar-refractivity contribution is 14.0. The fourth-order valence-electron chi connectivity index (χ4n) is 3.30. The van der Waals surface area contributed by atoms with Crippen LogP contribution in [0.3, 0.4) is 0 Å². The third-order valence-corrected chi connectivity index (χ3v) is 4.74. The third kappa shape index (κ3) is 7.72. The summed E-state index contributed by atoms with van der Waals surface area (Å²) < 4.78 is 5.92. The Morgan fingerprint density at radius 2 is 1.90 bits per heavy atom. The summed E-state index contributed by atoms with van der Waals surface area (Å²) in [7, 11) is 0. The van der Waals surface area contributed by atoms with E-state index in [0.717, 1.165) is 50.0 Å². The number of piperidine rings is 1. The van der Waals surface area contributed by atoms with Crippen LogP contribution in [0.2, 0.25) is 0 Å². The van der Waals surface area contributed by atoms with Crippen molar-refractivity contribution >= 4 is 35.8 Å². The van der Waals surface area contributed by atoms with Crippen molar-refractivity contribution in [3.8, 4) is 5.75 Å². The Kier molecular flexibility index (Phi) is 10.0. The topological polar surface area (TPSA) is 61.8 Å². The Labute approximate surface area is 191 Å². The number of hydrogen-bond donors (Lipinski definition) is 2. The number of anilines is 1. The van der Waals surface area contributed by atoms with E-state index in [2.05, 4.69) is 33.5 Å². The second kappa shape index (κ2) is 12.5. The lowest BCUT2D eigenvalue weighted by Crippen LogP contribution is -2.49. The molecule has 7 heteroatoms. The van der Waals surface area contributed by atoms with Gasteiger partial charge in [-0.15, -0.1) is 24.0 Å². The average molecular weight is 509 g/mol. The van der Waals surface area contributed by atoms with Crippen LogP contribution in [0.4, 0.5) is 5.82 Å². The molecule has 1 saturated heterocycles. The summed E-state index contributed by atoms with van der Waals surface area (Å²) in [6.07, 6.45) is 4.01. The number of para-hydroxylation sites is 1. The van der Waals surface area contributed by atoms with Crippen molar-refractivity contribution in [2.75, 3.05) is 31.1 Å². The van der Waals surface area contributed by atoms with Crippen molar-refractivity contribution in [1.29, 1.82) is 0 Å². The third-order valence-electron chi connectivity index (χ3n) is 4.74. The van der Waals surface area contributed by atoms with Gasteiger partial charge in [0.1, 0.15) is 17.7 Å². The summed E-state index contributed by atoms with van der Waals surface area (Å²) in [6, 6.07) is 16.4. The molecule has 1 aliphatic rings. The van der Waals surface area contributed by atoms with Crippen LogP contribution in [0.1, 0.15) is 26.7 Å². The van der Waals surface area contributed by atoms with E-state index in [1.54, 1.807) is 0 Å². The molecule has 0 spiro atoms. The Hall–Kier alpha value is -2.03.